The Morgan fingerprint density at radius 3 is 2.85 bits per heavy atom. The molecule has 20 heavy (non-hydrogen) atoms. The number of benzene rings is 1. The van der Waals surface area contributed by atoms with Gasteiger partial charge in [-0.05, 0) is 12.1 Å². The summed E-state index contributed by atoms with van der Waals surface area (Å²) < 4.78 is 5.34. The molecule has 0 saturated carbocycles. The van der Waals surface area contributed by atoms with Crippen molar-refractivity contribution in [2.75, 3.05) is 36.5 Å². The summed E-state index contributed by atoms with van der Waals surface area (Å²) in [5.41, 5.74) is 7.46. The van der Waals surface area contributed by atoms with Gasteiger partial charge in [0.25, 0.3) is 0 Å². The van der Waals surface area contributed by atoms with Crippen LogP contribution < -0.4 is 16.0 Å². The molecule has 1 aromatic rings. The third-order valence-corrected chi connectivity index (χ3v) is 3.19. The smallest absolute Gasteiger partial charge is 0.242 e. The number of rotatable bonds is 4. The van der Waals surface area contributed by atoms with Crippen molar-refractivity contribution in [2.24, 2.45) is 5.73 Å². The summed E-state index contributed by atoms with van der Waals surface area (Å²) in [5.74, 6) is 2.14. The van der Waals surface area contributed by atoms with E-state index in [1.165, 1.54) is 0 Å². The molecule has 1 fully saturated rings. The lowest BCUT2D eigenvalue weighted by molar-refractivity contribution is -0.117. The van der Waals surface area contributed by atoms with Gasteiger partial charge in [-0.2, -0.15) is 0 Å². The number of nitrogens with one attached hydrogen (secondary N) is 1. The van der Waals surface area contributed by atoms with Crippen LogP contribution in [-0.4, -0.2) is 38.3 Å². The van der Waals surface area contributed by atoms with Crippen LogP contribution >= 0.6 is 0 Å². The molecule has 1 amide bonds. The molecule has 1 aliphatic rings. The van der Waals surface area contributed by atoms with Crippen molar-refractivity contribution in [3.8, 4) is 12.3 Å². The molecule has 0 bridgehead atoms. The molecule has 1 aromatic carbocycles. The Kier molecular flexibility index (Phi) is 4.99. The predicted octanol–water partition coefficient (Wildman–Crippen LogP) is 0.812. The normalized spacial score (nSPS) is 16.3. The molecule has 0 aliphatic carbocycles. The van der Waals surface area contributed by atoms with Gasteiger partial charge in [-0.3, -0.25) is 4.79 Å². The van der Waals surface area contributed by atoms with Crippen molar-refractivity contribution >= 4 is 17.3 Å². The first-order valence-electron chi connectivity index (χ1n) is 6.64. The van der Waals surface area contributed by atoms with E-state index < -0.39 is 6.04 Å². The van der Waals surface area contributed by atoms with E-state index in [0.29, 0.717) is 13.2 Å². The van der Waals surface area contributed by atoms with Crippen molar-refractivity contribution in [3.63, 3.8) is 0 Å². The van der Waals surface area contributed by atoms with Crippen molar-refractivity contribution in [1.29, 1.82) is 0 Å². The van der Waals surface area contributed by atoms with Gasteiger partial charge >= 0.3 is 0 Å². The van der Waals surface area contributed by atoms with Gasteiger partial charge in [-0.1, -0.05) is 12.1 Å². The Balaban J connectivity index is 2.11. The number of para-hydroxylation sites is 2. The summed E-state index contributed by atoms with van der Waals surface area (Å²) in [6.45, 7) is 3.00. The van der Waals surface area contributed by atoms with E-state index in [0.717, 1.165) is 24.5 Å². The number of anilines is 2. The van der Waals surface area contributed by atoms with Crippen molar-refractivity contribution in [2.45, 2.75) is 12.5 Å². The summed E-state index contributed by atoms with van der Waals surface area (Å²) in [6, 6.07) is 6.99. The Bertz CT molecular complexity index is 504. The third kappa shape index (κ3) is 3.50. The minimum absolute atomic E-state index is 0.228. The van der Waals surface area contributed by atoms with E-state index in [2.05, 4.69) is 16.1 Å². The van der Waals surface area contributed by atoms with Crippen LogP contribution in [-0.2, 0) is 9.53 Å². The highest BCUT2D eigenvalue weighted by atomic mass is 16.5. The van der Waals surface area contributed by atoms with E-state index >= 15 is 0 Å². The van der Waals surface area contributed by atoms with Crippen LogP contribution in [0.2, 0.25) is 0 Å². The molecule has 5 heteroatoms. The number of carbonyl (C=O) groups is 1. The Morgan fingerprint density at radius 2 is 2.15 bits per heavy atom. The molecule has 106 valence electrons. The first-order valence-corrected chi connectivity index (χ1v) is 6.64. The molecule has 0 radical (unpaired) electrons. The molecule has 0 aromatic heterocycles. The van der Waals surface area contributed by atoms with Crippen LogP contribution in [0.1, 0.15) is 6.42 Å². The lowest BCUT2D eigenvalue weighted by Gasteiger charge is -2.30. The summed E-state index contributed by atoms with van der Waals surface area (Å²) in [7, 11) is 0. The first kappa shape index (κ1) is 14.4. The zero-order valence-corrected chi connectivity index (χ0v) is 11.3. The number of ether oxygens (including phenoxy) is 1. The molecule has 1 heterocycles. The largest absolute Gasteiger partial charge is 0.378 e. The zero-order chi connectivity index (χ0) is 14.4. The minimum Gasteiger partial charge on any atom is -0.378 e. The average molecular weight is 273 g/mol. The van der Waals surface area contributed by atoms with Crippen LogP contribution in [0, 0.1) is 12.3 Å². The second-order valence-corrected chi connectivity index (χ2v) is 4.62. The van der Waals surface area contributed by atoms with Gasteiger partial charge in [0.15, 0.2) is 0 Å². The Morgan fingerprint density at radius 1 is 1.45 bits per heavy atom. The summed E-state index contributed by atoms with van der Waals surface area (Å²) >= 11 is 0. The quantitative estimate of drug-likeness (QED) is 0.797. The monoisotopic (exact) mass is 273 g/mol. The van der Waals surface area contributed by atoms with Gasteiger partial charge in [0, 0.05) is 19.5 Å². The molecular formula is C15H19N3O2. The molecule has 3 N–H and O–H groups in total. The number of terminal acetylenes is 1. The minimum atomic E-state index is -0.683. The van der Waals surface area contributed by atoms with E-state index in [1.807, 2.05) is 24.3 Å². The molecule has 1 atom stereocenters. The molecule has 1 saturated heterocycles. The maximum atomic E-state index is 12.0. The van der Waals surface area contributed by atoms with Gasteiger partial charge < -0.3 is 20.7 Å². The van der Waals surface area contributed by atoms with Crippen molar-refractivity contribution in [3.05, 3.63) is 24.3 Å². The topological polar surface area (TPSA) is 67.6 Å². The first-order chi connectivity index (χ1) is 9.72. The van der Waals surface area contributed by atoms with Crippen LogP contribution in [0.25, 0.3) is 0 Å². The van der Waals surface area contributed by atoms with Gasteiger partial charge in [-0.15, -0.1) is 12.3 Å². The number of hydrogen-bond acceptors (Lipinski definition) is 4. The van der Waals surface area contributed by atoms with E-state index in [-0.39, 0.29) is 12.3 Å². The Hall–Kier alpha value is -2.03. The maximum Gasteiger partial charge on any atom is 0.242 e. The van der Waals surface area contributed by atoms with E-state index in [4.69, 9.17) is 16.9 Å². The zero-order valence-electron chi connectivity index (χ0n) is 11.3. The highest BCUT2D eigenvalue weighted by molar-refractivity contribution is 5.97. The van der Waals surface area contributed by atoms with Crippen molar-refractivity contribution in [1.82, 2.24) is 0 Å². The number of nitrogens with two attached hydrogens (primary N) is 1. The SMILES string of the molecule is C#CCC(N)C(=O)Nc1ccccc1N1CCOCC1. The highest BCUT2D eigenvalue weighted by Gasteiger charge is 2.18. The van der Waals surface area contributed by atoms with Gasteiger partial charge in [-0.25, -0.2) is 0 Å². The lowest BCUT2D eigenvalue weighted by atomic mass is 10.2. The van der Waals surface area contributed by atoms with Crippen LogP contribution in [0.15, 0.2) is 24.3 Å². The fourth-order valence-corrected chi connectivity index (χ4v) is 2.10. The second-order valence-electron chi connectivity index (χ2n) is 4.62. The third-order valence-electron chi connectivity index (χ3n) is 3.19. The van der Waals surface area contributed by atoms with Crippen LogP contribution in [0.3, 0.4) is 0 Å². The summed E-state index contributed by atoms with van der Waals surface area (Å²) in [6.07, 6.45) is 5.40. The number of amides is 1. The summed E-state index contributed by atoms with van der Waals surface area (Å²) in [5, 5.41) is 2.85. The predicted molar refractivity (Wildman–Crippen MR) is 79.5 cm³/mol. The number of nitrogens with zero attached hydrogens (tertiary/aromatic N) is 1. The molecule has 5 nitrogen and oxygen atoms in total. The molecule has 0 spiro atoms. The standard InChI is InChI=1S/C15H19N3O2/c1-2-5-12(16)15(19)17-13-6-3-4-7-14(13)18-8-10-20-11-9-18/h1,3-4,6-7,12H,5,8-11,16H2,(H,17,19). The summed E-state index contributed by atoms with van der Waals surface area (Å²) in [4.78, 5) is 14.1. The van der Waals surface area contributed by atoms with E-state index in [1.54, 1.807) is 0 Å². The molecular weight excluding hydrogens is 254 g/mol. The maximum absolute atomic E-state index is 12.0. The van der Waals surface area contributed by atoms with E-state index in [9.17, 15) is 4.79 Å². The molecule has 1 unspecified atom stereocenters. The highest BCUT2D eigenvalue weighted by Crippen LogP contribution is 2.26. The van der Waals surface area contributed by atoms with Crippen LogP contribution in [0.4, 0.5) is 11.4 Å². The number of hydrogen-bond donors (Lipinski definition) is 2. The van der Waals surface area contributed by atoms with Crippen molar-refractivity contribution < 1.29 is 9.53 Å². The average Bonchev–Trinajstić information content (AvgIpc) is 2.49. The van der Waals surface area contributed by atoms with Crippen LogP contribution in [0.5, 0.6) is 0 Å². The fraction of sp³-hybridized carbons (Fsp3) is 0.400. The number of carbonyl (C=O) groups excluding carboxylic acids is 1. The number of morpholine rings is 1. The van der Waals surface area contributed by atoms with Gasteiger partial charge in [0.05, 0.1) is 30.6 Å². The lowest BCUT2D eigenvalue weighted by Crippen LogP contribution is -2.38. The second kappa shape index (κ2) is 6.94. The molecule has 1 aliphatic heterocycles. The fourth-order valence-electron chi connectivity index (χ4n) is 2.10. The van der Waals surface area contributed by atoms with Gasteiger partial charge in [0.1, 0.15) is 0 Å². The molecule has 2 rings (SSSR count). The van der Waals surface area contributed by atoms with Gasteiger partial charge in [0.2, 0.25) is 5.91 Å². The Labute approximate surface area is 119 Å².